The van der Waals surface area contributed by atoms with E-state index in [1.165, 1.54) is 11.3 Å². The Balaban J connectivity index is 2.01. The number of halogens is 1. The van der Waals surface area contributed by atoms with E-state index >= 15 is 0 Å². The molecule has 0 atom stereocenters. The summed E-state index contributed by atoms with van der Waals surface area (Å²) in [5.41, 5.74) is 2.64. The van der Waals surface area contributed by atoms with Crippen LogP contribution < -0.4 is 10.1 Å². The summed E-state index contributed by atoms with van der Waals surface area (Å²) < 4.78 is 7.83. The second-order valence-corrected chi connectivity index (χ2v) is 7.59. The highest BCUT2D eigenvalue weighted by atomic mass is 35.5. The molecule has 0 aliphatic heterocycles. The number of thiophene rings is 1. The number of aromatic nitrogens is 3. The Kier molecular flexibility index (Phi) is 5.58. The molecule has 3 heterocycles. The van der Waals surface area contributed by atoms with Crippen LogP contribution in [0.3, 0.4) is 0 Å². The van der Waals surface area contributed by atoms with Crippen molar-refractivity contribution in [3.63, 3.8) is 0 Å². The molecular weight excluding hydrogens is 372 g/mol. The first-order valence-corrected chi connectivity index (χ1v) is 9.44. The molecule has 0 aromatic carbocycles. The van der Waals surface area contributed by atoms with Crippen LogP contribution in [-0.2, 0) is 0 Å². The van der Waals surface area contributed by atoms with Gasteiger partial charge in [0.05, 0.1) is 9.21 Å². The van der Waals surface area contributed by atoms with Crippen LogP contribution in [0.25, 0.3) is 21.7 Å². The average molecular weight is 391 g/mol. The first kappa shape index (κ1) is 18.4. The number of nitrogens with zero attached hydrogens (tertiary/aromatic N) is 3. The van der Waals surface area contributed by atoms with Crippen LogP contribution in [0.1, 0.15) is 26.8 Å². The molecule has 1 N–H and O–H groups in total. The molecule has 3 aromatic heterocycles. The second kappa shape index (κ2) is 7.88. The first-order chi connectivity index (χ1) is 12.5. The van der Waals surface area contributed by atoms with Gasteiger partial charge in [-0.3, -0.25) is 4.68 Å². The Morgan fingerprint density at radius 1 is 1.38 bits per heavy atom. The van der Waals surface area contributed by atoms with E-state index in [4.69, 9.17) is 21.4 Å². The number of hydrogen-bond donors (Lipinski definition) is 1. The summed E-state index contributed by atoms with van der Waals surface area (Å²) in [6, 6.07) is 7.62. The van der Waals surface area contributed by atoms with Crippen LogP contribution >= 0.6 is 22.9 Å². The third kappa shape index (κ3) is 4.05. The molecule has 8 heteroatoms. The molecule has 0 saturated heterocycles. The lowest BCUT2D eigenvalue weighted by Gasteiger charge is -2.06. The standard InChI is InChI=1S/C18H19ClN4O2S/c1-4-20-18(24)25-16-9-12(7-8-21-16)13-10-23(11(2)3)22-17(13)14-5-6-15(19)26-14/h5-11H,4H2,1-3H3,(H,20,24). The van der Waals surface area contributed by atoms with Crippen molar-refractivity contribution in [3.05, 3.63) is 41.0 Å². The molecule has 3 aromatic rings. The van der Waals surface area contributed by atoms with Gasteiger partial charge in [0.2, 0.25) is 5.88 Å². The van der Waals surface area contributed by atoms with Gasteiger partial charge in [0, 0.05) is 36.6 Å². The van der Waals surface area contributed by atoms with Gasteiger partial charge in [-0.2, -0.15) is 5.10 Å². The number of nitrogens with one attached hydrogen (secondary N) is 1. The highest BCUT2D eigenvalue weighted by Gasteiger charge is 2.17. The molecule has 0 bridgehead atoms. The minimum Gasteiger partial charge on any atom is -0.391 e. The molecular formula is C18H19ClN4O2S. The highest BCUT2D eigenvalue weighted by molar-refractivity contribution is 7.19. The van der Waals surface area contributed by atoms with Crippen molar-refractivity contribution < 1.29 is 9.53 Å². The Hall–Kier alpha value is -2.38. The quantitative estimate of drug-likeness (QED) is 0.664. The molecule has 0 aliphatic carbocycles. The number of hydrogen-bond acceptors (Lipinski definition) is 5. The van der Waals surface area contributed by atoms with Crippen molar-refractivity contribution in [2.75, 3.05) is 6.54 Å². The Morgan fingerprint density at radius 3 is 2.85 bits per heavy atom. The Labute approximate surface area is 160 Å². The largest absolute Gasteiger partial charge is 0.413 e. The minimum absolute atomic E-state index is 0.214. The Bertz CT molecular complexity index is 920. The zero-order valence-electron chi connectivity index (χ0n) is 14.7. The summed E-state index contributed by atoms with van der Waals surface area (Å²) in [7, 11) is 0. The van der Waals surface area contributed by atoms with Gasteiger partial charge in [0.25, 0.3) is 0 Å². The molecule has 0 unspecified atom stereocenters. The first-order valence-electron chi connectivity index (χ1n) is 8.25. The van der Waals surface area contributed by atoms with E-state index in [0.717, 1.165) is 21.7 Å². The fourth-order valence-electron chi connectivity index (χ4n) is 2.40. The predicted octanol–water partition coefficient (Wildman–Crippen LogP) is 5.02. The molecule has 0 aliphatic rings. The summed E-state index contributed by atoms with van der Waals surface area (Å²) in [6.45, 7) is 6.45. The molecule has 0 spiro atoms. The monoisotopic (exact) mass is 390 g/mol. The maximum atomic E-state index is 11.6. The van der Waals surface area contributed by atoms with E-state index < -0.39 is 6.09 Å². The normalized spacial score (nSPS) is 11.0. The lowest BCUT2D eigenvalue weighted by Crippen LogP contribution is -2.26. The SMILES string of the molecule is CCNC(=O)Oc1cc(-c2cn(C(C)C)nc2-c2ccc(Cl)s2)ccn1. The fourth-order valence-corrected chi connectivity index (χ4v) is 3.44. The van der Waals surface area contributed by atoms with Crippen molar-refractivity contribution >= 4 is 29.0 Å². The molecule has 136 valence electrons. The van der Waals surface area contributed by atoms with Gasteiger partial charge in [-0.1, -0.05) is 11.6 Å². The van der Waals surface area contributed by atoms with Crippen molar-refractivity contribution in [3.8, 4) is 27.6 Å². The number of ether oxygens (including phenoxy) is 1. The summed E-state index contributed by atoms with van der Waals surface area (Å²) in [5, 5.41) is 7.30. The Morgan fingerprint density at radius 2 is 2.19 bits per heavy atom. The van der Waals surface area contributed by atoms with Crippen LogP contribution in [0.15, 0.2) is 36.7 Å². The van der Waals surface area contributed by atoms with Gasteiger partial charge < -0.3 is 10.1 Å². The summed E-state index contributed by atoms with van der Waals surface area (Å²) in [6.07, 6.45) is 3.07. The molecule has 0 saturated carbocycles. The van der Waals surface area contributed by atoms with E-state index in [2.05, 4.69) is 24.1 Å². The maximum absolute atomic E-state index is 11.6. The van der Waals surface area contributed by atoms with E-state index in [-0.39, 0.29) is 11.9 Å². The van der Waals surface area contributed by atoms with E-state index in [1.54, 1.807) is 12.3 Å². The average Bonchev–Trinajstić information content (AvgIpc) is 3.21. The molecule has 1 amide bonds. The van der Waals surface area contributed by atoms with E-state index in [9.17, 15) is 4.79 Å². The van der Waals surface area contributed by atoms with Gasteiger partial charge in [-0.05, 0) is 44.5 Å². The zero-order chi connectivity index (χ0) is 18.7. The minimum atomic E-state index is -0.528. The third-order valence-electron chi connectivity index (χ3n) is 3.63. The molecule has 26 heavy (non-hydrogen) atoms. The van der Waals surface area contributed by atoms with Crippen LogP contribution in [0.2, 0.25) is 4.34 Å². The lowest BCUT2D eigenvalue weighted by molar-refractivity contribution is 0.199. The van der Waals surface area contributed by atoms with Gasteiger partial charge in [0.15, 0.2) is 0 Å². The topological polar surface area (TPSA) is 69.0 Å². The van der Waals surface area contributed by atoms with Crippen LogP contribution in [0.4, 0.5) is 4.79 Å². The van der Waals surface area contributed by atoms with Crippen LogP contribution in [0.5, 0.6) is 5.88 Å². The highest BCUT2D eigenvalue weighted by Crippen LogP contribution is 2.37. The van der Waals surface area contributed by atoms with E-state index in [1.807, 2.05) is 36.0 Å². The van der Waals surface area contributed by atoms with Crippen molar-refractivity contribution in [1.29, 1.82) is 0 Å². The van der Waals surface area contributed by atoms with Gasteiger partial charge in [-0.25, -0.2) is 9.78 Å². The summed E-state index contributed by atoms with van der Waals surface area (Å²) in [5.74, 6) is 0.237. The summed E-state index contributed by atoms with van der Waals surface area (Å²) >= 11 is 7.57. The van der Waals surface area contributed by atoms with E-state index in [0.29, 0.717) is 10.9 Å². The number of carbonyl (C=O) groups is 1. The fraction of sp³-hybridized carbons (Fsp3) is 0.278. The second-order valence-electron chi connectivity index (χ2n) is 5.87. The zero-order valence-corrected chi connectivity index (χ0v) is 16.3. The number of rotatable bonds is 5. The molecule has 3 rings (SSSR count). The number of amides is 1. The molecule has 6 nitrogen and oxygen atoms in total. The number of pyridine rings is 1. The number of carbonyl (C=O) groups excluding carboxylic acids is 1. The van der Waals surface area contributed by atoms with Crippen molar-refractivity contribution in [1.82, 2.24) is 20.1 Å². The maximum Gasteiger partial charge on any atom is 0.413 e. The van der Waals surface area contributed by atoms with Crippen molar-refractivity contribution in [2.24, 2.45) is 0 Å². The van der Waals surface area contributed by atoms with Crippen molar-refractivity contribution in [2.45, 2.75) is 26.8 Å². The van der Waals surface area contributed by atoms with Gasteiger partial charge >= 0.3 is 6.09 Å². The van der Waals surface area contributed by atoms with Crippen LogP contribution in [-0.4, -0.2) is 27.4 Å². The van der Waals surface area contributed by atoms with Gasteiger partial charge in [-0.15, -0.1) is 11.3 Å². The van der Waals surface area contributed by atoms with Gasteiger partial charge in [0.1, 0.15) is 5.69 Å². The molecule has 0 radical (unpaired) electrons. The summed E-state index contributed by atoms with van der Waals surface area (Å²) in [4.78, 5) is 16.7. The smallest absolute Gasteiger partial charge is 0.391 e. The third-order valence-corrected chi connectivity index (χ3v) is 4.87. The van der Waals surface area contributed by atoms with Crippen LogP contribution in [0, 0.1) is 0 Å². The lowest BCUT2D eigenvalue weighted by atomic mass is 10.1. The predicted molar refractivity (Wildman–Crippen MR) is 104 cm³/mol. The molecule has 0 fully saturated rings.